The van der Waals surface area contributed by atoms with E-state index in [4.69, 9.17) is 9.47 Å². The topological polar surface area (TPSA) is 168 Å². The molecule has 0 fully saturated rings. The maximum Gasteiger partial charge on any atom is 0.342 e. The zero-order valence-electron chi connectivity index (χ0n) is 28.9. The van der Waals surface area contributed by atoms with Crippen molar-refractivity contribution in [2.24, 2.45) is 23.7 Å². The van der Waals surface area contributed by atoms with Crippen molar-refractivity contribution < 1.29 is 49.1 Å². The molecule has 0 spiro atoms. The monoisotopic (exact) mass is 648 g/mol. The summed E-state index contributed by atoms with van der Waals surface area (Å²) in [6.45, 7) is 17.6. The molecular weight excluding hydrogens is 592 g/mol. The summed E-state index contributed by atoms with van der Waals surface area (Å²) in [5, 5.41) is 41.9. The van der Waals surface area contributed by atoms with Gasteiger partial charge in [-0.3, -0.25) is 14.4 Å². The van der Waals surface area contributed by atoms with E-state index in [-0.39, 0.29) is 35.1 Å². The van der Waals surface area contributed by atoms with Gasteiger partial charge in [-0.15, -0.1) is 0 Å². The number of Topliss-reactive ketones (excluding diaryl/α,β-unsaturated/α-hetero) is 1. The second-order valence-corrected chi connectivity index (χ2v) is 13.0. The number of ether oxygens (including phenoxy) is 2. The van der Waals surface area contributed by atoms with Gasteiger partial charge >= 0.3 is 11.9 Å². The lowest BCUT2D eigenvalue weighted by atomic mass is 9.85. The Morgan fingerprint density at radius 3 is 2.11 bits per heavy atom. The SMILES string of the molecule is C=C1OC(=O)C(C(O)CC(=O)O[C@H](C)[C@@H](C)C(O)CC(=O)[C@@H](C)C(O)CCC(C)C[C@@H](C)CC/C=C(CC)/C(O)=C/C(C)=O)=C1C. The predicted molar refractivity (Wildman–Crippen MR) is 175 cm³/mol. The molecule has 1 aliphatic heterocycles. The normalized spacial score (nSPS) is 19.5. The van der Waals surface area contributed by atoms with Crippen LogP contribution in [0.25, 0.3) is 0 Å². The van der Waals surface area contributed by atoms with Crippen molar-refractivity contribution >= 4 is 23.5 Å². The lowest BCUT2D eigenvalue weighted by Gasteiger charge is -2.27. The van der Waals surface area contributed by atoms with Crippen molar-refractivity contribution in [1.82, 2.24) is 0 Å². The van der Waals surface area contributed by atoms with E-state index in [1.165, 1.54) is 13.0 Å². The van der Waals surface area contributed by atoms with Crippen molar-refractivity contribution in [2.75, 3.05) is 0 Å². The standard InChI is InChI=1S/C36H56O10/c1-10-28(32(41)17-22(4)37)13-11-12-20(2)16-21(3)14-15-29(38)25(7)31(40)18-30(39)23(5)26(8)45-34(43)19-33(42)35-24(6)27(9)46-36(35)44/h13,17,20-21,23,25-26,29-30,33,38-39,41-42H,9-12,14-16,18-19H2,1-8H3/b28-13+,32-17-/t20-,21?,23+,25-,26+,29?,30?,33?/m0/s1. The largest absolute Gasteiger partial charge is 0.508 e. The quantitative estimate of drug-likeness (QED) is 0.0532. The molecule has 8 atom stereocenters. The van der Waals surface area contributed by atoms with E-state index in [9.17, 15) is 39.6 Å². The number of allylic oxidation sites excluding steroid dienone is 4. The lowest BCUT2D eigenvalue weighted by molar-refractivity contribution is -0.154. The molecule has 0 saturated heterocycles. The lowest BCUT2D eigenvalue weighted by Crippen LogP contribution is -2.36. The predicted octanol–water partition coefficient (Wildman–Crippen LogP) is 5.60. The van der Waals surface area contributed by atoms with E-state index in [2.05, 4.69) is 20.4 Å². The second kappa shape index (κ2) is 19.6. The number of hydrogen-bond acceptors (Lipinski definition) is 10. The Bertz CT molecular complexity index is 1180. The number of ketones is 2. The van der Waals surface area contributed by atoms with Crippen molar-refractivity contribution in [1.29, 1.82) is 0 Å². The van der Waals surface area contributed by atoms with Crippen LogP contribution in [0.4, 0.5) is 0 Å². The number of aliphatic hydroxyl groups excluding tert-OH is 4. The average molecular weight is 649 g/mol. The minimum absolute atomic E-state index is 0.0238. The number of esters is 2. The molecule has 0 aromatic heterocycles. The third-order valence-corrected chi connectivity index (χ3v) is 8.97. The van der Waals surface area contributed by atoms with Crippen LogP contribution in [-0.4, -0.2) is 68.3 Å². The molecule has 1 aliphatic rings. The number of carbonyl (C=O) groups is 4. The Kier molecular flexibility index (Phi) is 17.4. The first-order valence-corrected chi connectivity index (χ1v) is 16.4. The molecule has 10 heteroatoms. The summed E-state index contributed by atoms with van der Waals surface area (Å²) in [6.07, 6.45) is 2.83. The molecular formula is C36H56O10. The highest BCUT2D eigenvalue weighted by Gasteiger charge is 2.34. The number of hydrogen-bond donors (Lipinski definition) is 4. The van der Waals surface area contributed by atoms with E-state index < -0.39 is 54.6 Å². The maximum atomic E-state index is 12.9. The van der Waals surface area contributed by atoms with Gasteiger partial charge in [0.15, 0.2) is 5.78 Å². The summed E-state index contributed by atoms with van der Waals surface area (Å²) < 4.78 is 10.2. The summed E-state index contributed by atoms with van der Waals surface area (Å²) >= 11 is 0. The van der Waals surface area contributed by atoms with E-state index in [1.807, 2.05) is 13.0 Å². The summed E-state index contributed by atoms with van der Waals surface area (Å²) in [4.78, 5) is 48.4. The van der Waals surface area contributed by atoms with Gasteiger partial charge in [0.05, 0.1) is 30.3 Å². The first-order valence-electron chi connectivity index (χ1n) is 16.4. The van der Waals surface area contributed by atoms with Crippen LogP contribution in [0.1, 0.15) is 107 Å². The van der Waals surface area contributed by atoms with Crippen molar-refractivity contribution in [2.45, 2.75) is 131 Å². The van der Waals surface area contributed by atoms with Crippen LogP contribution in [0.3, 0.4) is 0 Å². The fourth-order valence-corrected chi connectivity index (χ4v) is 5.55. The molecule has 0 aliphatic carbocycles. The Labute approximate surface area is 274 Å². The molecule has 1 rings (SSSR count). The van der Waals surface area contributed by atoms with Crippen molar-refractivity contribution in [3.8, 4) is 0 Å². The molecule has 260 valence electrons. The minimum Gasteiger partial charge on any atom is -0.508 e. The van der Waals surface area contributed by atoms with Crippen LogP contribution in [0.5, 0.6) is 0 Å². The molecule has 0 bridgehead atoms. The smallest absolute Gasteiger partial charge is 0.342 e. The first kappa shape index (κ1) is 40.9. The average Bonchev–Trinajstić information content (AvgIpc) is 3.22. The van der Waals surface area contributed by atoms with Gasteiger partial charge in [-0.1, -0.05) is 47.3 Å². The molecule has 4 unspecified atom stereocenters. The van der Waals surface area contributed by atoms with Crippen LogP contribution in [0.2, 0.25) is 0 Å². The van der Waals surface area contributed by atoms with E-state index in [1.54, 1.807) is 27.7 Å². The molecule has 0 saturated carbocycles. The Balaban J connectivity index is 2.50. The third-order valence-electron chi connectivity index (χ3n) is 8.97. The maximum absolute atomic E-state index is 12.9. The fraction of sp³-hybridized carbons (Fsp3) is 0.667. The van der Waals surface area contributed by atoms with E-state index in [0.717, 1.165) is 31.3 Å². The molecule has 0 aromatic carbocycles. The van der Waals surface area contributed by atoms with Gasteiger partial charge in [-0.25, -0.2) is 4.79 Å². The summed E-state index contributed by atoms with van der Waals surface area (Å²) in [5.74, 6) is -2.41. The van der Waals surface area contributed by atoms with Gasteiger partial charge < -0.3 is 29.9 Å². The van der Waals surface area contributed by atoms with Crippen LogP contribution in [-0.2, 0) is 28.7 Å². The van der Waals surface area contributed by atoms with E-state index in [0.29, 0.717) is 30.3 Å². The third kappa shape index (κ3) is 13.3. The molecule has 46 heavy (non-hydrogen) atoms. The minimum atomic E-state index is -1.42. The van der Waals surface area contributed by atoms with E-state index >= 15 is 0 Å². The number of aliphatic hydroxyl groups is 4. The highest BCUT2D eigenvalue weighted by molar-refractivity contribution is 5.96. The molecule has 10 nitrogen and oxygen atoms in total. The van der Waals surface area contributed by atoms with Crippen molar-refractivity contribution in [3.63, 3.8) is 0 Å². The Hall–Kier alpha value is -3.08. The molecule has 4 N–H and O–H groups in total. The van der Waals surface area contributed by atoms with Crippen LogP contribution >= 0.6 is 0 Å². The zero-order chi connectivity index (χ0) is 35.3. The highest BCUT2D eigenvalue weighted by atomic mass is 16.5. The van der Waals surface area contributed by atoms with Crippen LogP contribution < -0.4 is 0 Å². The summed E-state index contributed by atoms with van der Waals surface area (Å²) in [7, 11) is 0. The van der Waals surface area contributed by atoms with Gasteiger partial charge in [0.2, 0.25) is 0 Å². The first-order chi connectivity index (χ1) is 21.4. The van der Waals surface area contributed by atoms with Crippen LogP contribution in [0.15, 0.2) is 47.0 Å². The summed E-state index contributed by atoms with van der Waals surface area (Å²) in [6, 6.07) is 0. The Morgan fingerprint density at radius 2 is 1.57 bits per heavy atom. The Morgan fingerprint density at radius 1 is 0.957 bits per heavy atom. The second-order valence-electron chi connectivity index (χ2n) is 13.0. The van der Waals surface area contributed by atoms with Gasteiger partial charge in [0, 0.05) is 29.9 Å². The number of rotatable bonds is 21. The van der Waals surface area contributed by atoms with Crippen molar-refractivity contribution in [3.05, 3.63) is 47.0 Å². The summed E-state index contributed by atoms with van der Waals surface area (Å²) in [5.41, 5.74) is 1.09. The molecule has 0 aromatic rings. The molecule has 0 radical (unpaired) electrons. The number of cyclic esters (lactones) is 1. The number of carbonyl (C=O) groups excluding carboxylic acids is 4. The fourth-order valence-electron chi connectivity index (χ4n) is 5.55. The van der Waals surface area contributed by atoms with Crippen LogP contribution in [0, 0.1) is 23.7 Å². The van der Waals surface area contributed by atoms with Gasteiger partial charge in [0.1, 0.15) is 23.4 Å². The van der Waals surface area contributed by atoms with Gasteiger partial charge in [-0.2, -0.15) is 0 Å². The van der Waals surface area contributed by atoms with Gasteiger partial charge in [-0.05, 0) is 76.7 Å². The molecule has 0 amide bonds. The molecule has 1 heterocycles. The highest BCUT2D eigenvalue weighted by Crippen LogP contribution is 2.29. The zero-order valence-corrected chi connectivity index (χ0v) is 28.9. The van der Waals surface area contributed by atoms with Gasteiger partial charge in [0.25, 0.3) is 0 Å².